The molecule has 0 radical (unpaired) electrons. The number of para-hydroxylation sites is 1. The molecule has 0 fully saturated rings. The van der Waals surface area contributed by atoms with E-state index < -0.39 is 0 Å². The normalized spacial score (nSPS) is 10.9. The van der Waals surface area contributed by atoms with Gasteiger partial charge in [0.2, 0.25) is 11.8 Å². The van der Waals surface area contributed by atoms with Crippen molar-refractivity contribution in [3.8, 4) is 5.69 Å². The molecule has 0 aliphatic carbocycles. The lowest BCUT2D eigenvalue weighted by atomic mass is 10.2. The largest absolute Gasteiger partial charge is 0.322 e. The molecule has 8 heteroatoms. The molecule has 1 aromatic heterocycles. The van der Waals surface area contributed by atoms with Crippen molar-refractivity contribution in [2.24, 2.45) is 7.05 Å². The van der Waals surface area contributed by atoms with E-state index in [0.717, 1.165) is 16.1 Å². The van der Waals surface area contributed by atoms with Gasteiger partial charge in [-0.05, 0) is 48.9 Å². The number of thioether (sulfide) groups is 1. The van der Waals surface area contributed by atoms with Crippen molar-refractivity contribution in [2.45, 2.75) is 11.8 Å². The molecule has 4 aromatic rings. The van der Waals surface area contributed by atoms with Gasteiger partial charge in [-0.3, -0.25) is 19.1 Å². The number of nitrogens with zero attached hydrogens (tertiary/aromatic N) is 2. The number of nitrogens with one attached hydrogen (secondary N) is 2. The van der Waals surface area contributed by atoms with E-state index in [9.17, 15) is 14.4 Å². The van der Waals surface area contributed by atoms with Crippen LogP contribution in [-0.2, 0) is 16.6 Å². The Kier molecular flexibility index (Phi) is 7.87. The maximum absolute atomic E-state index is 13.0. The van der Waals surface area contributed by atoms with Gasteiger partial charge in [-0.25, -0.2) is 4.68 Å². The minimum atomic E-state index is -0.286. The third kappa shape index (κ3) is 6.03. The number of aromatic nitrogens is 2. The van der Waals surface area contributed by atoms with Crippen molar-refractivity contribution in [3.05, 3.63) is 113 Å². The molecule has 0 bridgehead atoms. The first-order valence-corrected chi connectivity index (χ1v) is 12.3. The molecule has 0 saturated heterocycles. The lowest BCUT2D eigenvalue weighted by Gasteiger charge is -2.07. The number of anilines is 2. The second-order valence-electron chi connectivity index (χ2n) is 8.03. The van der Waals surface area contributed by atoms with Crippen molar-refractivity contribution < 1.29 is 9.59 Å². The third-order valence-electron chi connectivity index (χ3n) is 5.52. The van der Waals surface area contributed by atoms with Crippen LogP contribution in [0.1, 0.15) is 11.3 Å². The van der Waals surface area contributed by atoms with Gasteiger partial charge in [0, 0.05) is 23.7 Å². The van der Waals surface area contributed by atoms with Gasteiger partial charge in [-0.2, -0.15) is 0 Å². The van der Waals surface area contributed by atoms with Crippen LogP contribution >= 0.6 is 11.8 Å². The van der Waals surface area contributed by atoms with Crippen LogP contribution in [0.15, 0.2) is 101 Å². The molecule has 4 rings (SSSR count). The van der Waals surface area contributed by atoms with Crippen molar-refractivity contribution in [3.63, 3.8) is 0 Å². The van der Waals surface area contributed by atoms with Crippen molar-refractivity contribution >= 4 is 41.0 Å². The van der Waals surface area contributed by atoms with Crippen LogP contribution in [0.4, 0.5) is 11.4 Å². The van der Waals surface area contributed by atoms with Gasteiger partial charge < -0.3 is 10.6 Å². The first-order valence-electron chi connectivity index (χ1n) is 11.3. The van der Waals surface area contributed by atoms with Crippen molar-refractivity contribution in [1.82, 2.24) is 9.36 Å². The Hall–Kier alpha value is -4.30. The first kappa shape index (κ1) is 24.8. The average molecular weight is 499 g/mol. The third-order valence-corrected chi connectivity index (χ3v) is 6.51. The summed E-state index contributed by atoms with van der Waals surface area (Å²) in [7, 11) is 1.78. The van der Waals surface area contributed by atoms with E-state index >= 15 is 0 Å². The van der Waals surface area contributed by atoms with Gasteiger partial charge in [-0.15, -0.1) is 11.8 Å². The van der Waals surface area contributed by atoms with Gasteiger partial charge in [-0.1, -0.05) is 54.6 Å². The quantitative estimate of drug-likeness (QED) is 0.268. The van der Waals surface area contributed by atoms with E-state index in [1.807, 2.05) is 78.9 Å². The summed E-state index contributed by atoms with van der Waals surface area (Å²) in [5.74, 6) is -0.413. The Balaban J connectivity index is 1.37. The summed E-state index contributed by atoms with van der Waals surface area (Å²) in [6.45, 7) is 1.79. The summed E-state index contributed by atoms with van der Waals surface area (Å²) in [5, 5.41) is 5.60. The highest BCUT2D eigenvalue weighted by Gasteiger charge is 2.18. The van der Waals surface area contributed by atoms with E-state index in [-0.39, 0.29) is 28.8 Å². The predicted octanol–water partition coefficient (Wildman–Crippen LogP) is 4.87. The number of hydrogen-bond donors (Lipinski definition) is 2. The zero-order valence-corrected chi connectivity index (χ0v) is 20.8. The van der Waals surface area contributed by atoms with E-state index in [1.165, 1.54) is 22.5 Å². The number of benzene rings is 3. The number of hydrogen-bond acceptors (Lipinski definition) is 4. The second-order valence-corrected chi connectivity index (χ2v) is 9.08. The lowest BCUT2D eigenvalue weighted by molar-refractivity contribution is -0.114. The van der Waals surface area contributed by atoms with Gasteiger partial charge in [0.25, 0.3) is 5.56 Å². The average Bonchev–Trinajstić information content (AvgIpc) is 3.10. The standard InChI is InChI=1S/C28H26N4O3S/c1-20-27(28(35)32(31(20)2)23-13-7-4-8-14-23)30-26(34)19-36-24-15-9-12-22(18-24)29-25(33)17-16-21-10-5-3-6-11-21/h3-18H,19H2,1-2H3,(H,29,33)(H,30,34)/b17-16+. The van der Waals surface area contributed by atoms with E-state index in [4.69, 9.17) is 0 Å². The Bertz CT molecular complexity index is 1460. The molecule has 0 aliphatic rings. The molecule has 0 unspecified atom stereocenters. The molecule has 0 spiro atoms. The SMILES string of the molecule is Cc1c(NC(=O)CSc2cccc(NC(=O)/C=C/c3ccccc3)c2)c(=O)n(-c2ccccc2)n1C. The van der Waals surface area contributed by atoms with Gasteiger partial charge in [0.05, 0.1) is 17.1 Å². The molecule has 0 saturated carbocycles. The number of carbonyl (C=O) groups excluding carboxylic acids is 2. The first-order chi connectivity index (χ1) is 17.4. The molecule has 1 heterocycles. The van der Waals surface area contributed by atoms with Crippen LogP contribution < -0.4 is 16.2 Å². The van der Waals surface area contributed by atoms with E-state index in [0.29, 0.717) is 11.4 Å². The molecule has 2 amide bonds. The zero-order valence-electron chi connectivity index (χ0n) is 20.0. The molecule has 182 valence electrons. The smallest absolute Gasteiger partial charge is 0.295 e. The fourth-order valence-corrected chi connectivity index (χ4v) is 4.38. The molecule has 36 heavy (non-hydrogen) atoms. The summed E-state index contributed by atoms with van der Waals surface area (Å²) in [6, 6.07) is 26.1. The zero-order chi connectivity index (χ0) is 25.5. The summed E-state index contributed by atoms with van der Waals surface area (Å²) < 4.78 is 3.25. The molecule has 2 N–H and O–H groups in total. The topological polar surface area (TPSA) is 85.1 Å². The molecular formula is C28H26N4O3S. The minimum absolute atomic E-state index is 0.115. The highest BCUT2D eigenvalue weighted by Crippen LogP contribution is 2.22. The lowest BCUT2D eigenvalue weighted by Crippen LogP contribution is -2.23. The summed E-state index contributed by atoms with van der Waals surface area (Å²) in [6.07, 6.45) is 3.22. The summed E-state index contributed by atoms with van der Waals surface area (Å²) in [4.78, 5) is 38.7. The van der Waals surface area contributed by atoms with E-state index in [1.54, 1.807) is 30.8 Å². The molecule has 3 aromatic carbocycles. The van der Waals surface area contributed by atoms with Gasteiger partial charge in [0.15, 0.2) is 0 Å². The van der Waals surface area contributed by atoms with Gasteiger partial charge in [0.1, 0.15) is 5.69 Å². The minimum Gasteiger partial charge on any atom is -0.322 e. The Labute approximate surface area is 213 Å². The predicted molar refractivity (Wildman–Crippen MR) is 146 cm³/mol. The molecular weight excluding hydrogens is 472 g/mol. The van der Waals surface area contributed by atoms with Crippen LogP contribution in [0.25, 0.3) is 11.8 Å². The maximum atomic E-state index is 13.0. The van der Waals surface area contributed by atoms with Crippen LogP contribution in [0, 0.1) is 6.92 Å². The summed E-state index contributed by atoms with van der Waals surface area (Å²) in [5.41, 5.74) is 2.93. The fourth-order valence-electron chi connectivity index (χ4n) is 3.62. The second kappa shape index (κ2) is 11.4. The monoisotopic (exact) mass is 498 g/mol. The summed E-state index contributed by atoms with van der Waals surface area (Å²) >= 11 is 1.32. The number of carbonyl (C=O) groups is 2. The van der Waals surface area contributed by atoms with Crippen LogP contribution in [0.5, 0.6) is 0 Å². The highest BCUT2D eigenvalue weighted by molar-refractivity contribution is 8.00. The Morgan fingerprint density at radius 2 is 1.61 bits per heavy atom. The van der Waals surface area contributed by atoms with Crippen LogP contribution in [-0.4, -0.2) is 26.9 Å². The molecule has 0 atom stereocenters. The van der Waals surface area contributed by atoms with Crippen LogP contribution in [0.3, 0.4) is 0 Å². The fraction of sp³-hybridized carbons (Fsp3) is 0.107. The Morgan fingerprint density at radius 3 is 2.33 bits per heavy atom. The highest BCUT2D eigenvalue weighted by atomic mass is 32.2. The van der Waals surface area contributed by atoms with Crippen molar-refractivity contribution in [1.29, 1.82) is 0 Å². The Morgan fingerprint density at radius 1 is 0.917 bits per heavy atom. The van der Waals surface area contributed by atoms with Crippen LogP contribution in [0.2, 0.25) is 0 Å². The van der Waals surface area contributed by atoms with Gasteiger partial charge >= 0.3 is 0 Å². The van der Waals surface area contributed by atoms with E-state index in [2.05, 4.69) is 10.6 Å². The van der Waals surface area contributed by atoms with Crippen molar-refractivity contribution in [2.75, 3.05) is 16.4 Å². The number of amides is 2. The molecule has 0 aliphatic heterocycles. The molecule has 7 nitrogen and oxygen atoms in total. The number of rotatable bonds is 8. The maximum Gasteiger partial charge on any atom is 0.295 e.